The fourth-order valence-electron chi connectivity index (χ4n) is 2.71. The smallest absolute Gasteiger partial charge is 0.416 e. The lowest BCUT2D eigenvalue weighted by molar-refractivity contribution is -0.147. The van der Waals surface area contributed by atoms with Gasteiger partial charge in [0.05, 0.1) is 16.3 Å². The summed E-state index contributed by atoms with van der Waals surface area (Å²) < 4.78 is 49.2. The first-order chi connectivity index (χ1) is 14.6. The number of nitrogens with one attached hydrogen (secondary N) is 1. The van der Waals surface area contributed by atoms with Crippen LogP contribution in [0.5, 0.6) is 0 Å². The predicted molar refractivity (Wildman–Crippen MR) is 108 cm³/mol. The number of benzene rings is 2. The van der Waals surface area contributed by atoms with Crippen LogP contribution in [0.1, 0.15) is 25.3 Å². The number of aromatic nitrogens is 2. The molecule has 0 fully saturated rings. The maximum Gasteiger partial charge on any atom is 0.416 e. The minimum Gasteiger partial charge on any atom is -0.454 e. The third kappa shape index (κ3) is 5.75. The number of anilines is 1. The van der Waals surface area contributed by atoms with E-state index in [1.165, 1.54) is 6.07 Å². The van der Waals surface area contributed by atoms with Crippen molar-refractivity contribution in [2.45, 2.75) is 32.7 Å². The van der Waals surface area contributed by atoms with Gasteiger partial charge in [-0.1, -0.05) is 43.6 Å². The molecule has 3 rings (SSSR count). The van der Waals surface area contributed by atoms with Crippen molar-refractivity contribution in [3.63, 3.8) is 0 Å². The Morgan fingerprint density at radius 2 is 1.87 bits per heavy atom. The standard InChI is InChI=1S/C21H19ClF3N3O3/c1-12(2)18(26-16-9-8-14(10-15(16)22)21(23,24)25)20(29)30-11-17-27-28-19(31-17)13-6-4-3-5-7-13/h3-10,12,18,26H,11H2,1-2H3/t18-/m0/s1. The largest absolute Gasteiger partial charge is 0.454 e. The van der Waals surface area contributed by atoms with Crippen molar-refractivity contribution < 1.29 is 27.1 Å². The Morgan fingerprint density at radius 3 is 2.48 bits per heavy atom. The number of alkyl halides is 3. The lowest BCUT2D eigenvalue weighted by Gasteiger charge is -2.22. The predicted octanol–water partition coefficient (Wildman–Crippen LogP) is 5.59. The fourth-order valence-corrected chi connectivity index (χ4v) is 2.94. The number of hydrogen-bond acceptors (Lipinski definition) is 6. The van der Waals surface area contributed by atoms with Gasteiger partial charge in [0.1, 0.15) is 6.04 Å². The Balaban J connectivity index is 1.66. The van der Waals surface area contributed by atoms with Crippen molar-refractivity contribution in [2.75, 3.05) is 5.32 Å². The number of carbonyl (C=O) groups is 1. The van der Waals surface area contributed by atoms with Crippen LogP contribution >= 0.6 is 11.6 Å². The minimum atomic E-state index is -4.51. The molecule has 0 bridgehead atoms. The van der Waals surface area contributed by atoms with Crippen LogP contribution in [-0.2, 0) is 22.3 Å². The summed E-state index contributed by atoms with van der Waals surface area (Å²) in [5, 5.41) is 10.5. The summed E-state index contributed by atoms with van der Waals surface area (Å²) in [6.07, 6.45) is -4.51. The van der Waals surface area contributed by atoms with Crippen LogP contribution in [0.25, 0.3) is 11.5 Å². The zero-order chi connectivity index (χ0) is 22.6. The number of halogens is 4. The number of nitrogens with zero attached hydrogens (tertiary/aromatic N) is 2. The Morgan fingerprint density at radius 1 is 1.16 bits per heavy atom. The van der Waals surface area contributed by atoms with Crippen molar-refractivity contribution in [3.05, 3.63) is 65.0 Å². The van der Waals surface area contributed by atoms with Gasteiger partial charge in [0, 0.05) is 5.56 Å². The number of rotatable bonds is 7. The summed E-state index contributed by atoms with van der Waals surface area (Å²) in [6, 6.07) is 11.1. The van der Waals surface area contributed by atoms with Gasteiger partial charge in [0.15, 0.2) is 6.61 Å². The zero-order valence-electron chi connectivity index (χ0n) is 16.6. The molecule has 0 unspecified atom stereocenters. The van der Waals surface area contributed by atoms with Gasteiger partial charge in [-0.05, 0) is 36.2 Å². The highest BCUT2D eigenvalue weighted by molar-refractivity contribution is 6.33. The van der Waals surface area contributed by atoms with Crippen LogP contribution in [0.2, 0.25) is 5.02 Å². The highest BCUT2D eigenvalue weighted by atomic mass is 35.5. The van der Waals surface area contributed by atoms with Crippen LogP contribution in [0.3, 0.4) is 0 Å². The molecule has 0 saturated heterocycles. The molecule has 0 aliphatic heterocycles. The summed E-state index contributed by atoms with van der Waals surface area (Å²) in [4.78, 5) is 12.6. The van der Waals surface area contributed by atoms with Crippen molar-refractivity contribution in [3.8, 4) is 11.5 Å². The van der Waals surface area contributed by atoms with E-state index in [1.54, 1.807) is 26.0 Å². The Hall–Kier alpha value is -3.07. The molecule has 1 aromatic heterocycles. The first kappa shape index (κ1) is 22.6. The van der Waals surface area contributed by atoms with Crippen molar-refractivity contribution in [2.24, 2.45) is 5.92 Å². The first-order valence-electron chi connectivity index (χ1n) is 9.33. The van der Waals surface area contributed by atoms with Crippen LogP contribution in [0, 0.1) is 5.92 Å². The Bertz CT molecular complexity index is 1040. The third-order valence-corrected chi connectivity index (χ3v) is 4.67. The van der Waals surface area contributed by atoms with E-state index in [1.807, 2.05) is 18.2 Å². The quantitative estimate of drug-likeness (QED) is 0.470. The summed E-state index contributed by atoms with van der Waals surface area (Å²) in [6.45, 7) is 3.28. The van der Waals surface area contributed by atoms with Gasteiger partial charge in [-0.15, -0.1) is 10.2 Å². The Kier molecular flexibility index (Phi) is 6.84. The number of carbonyl (C=O) groups excluding carboxylic acids is 1. The molecule has 0 radical (unpaired) electrons. The molecule has 1 atom stereocenters. The molecule has 0 amide bonds. The molecule has 1 N–H and O–H groups in total. The van der Waals surface area contributed by atoms with E-state index < -0.39 is 23.8 Å². The number of hydrogen-bond donors (Lipinski definition) is 1. The molecule has 6 nitrogen and oxygen atoms in total. The third-order valence-electron chi connectivity index (χ3n) is 4.35. The molecule has 10 heteroatoms. The maximum atomic E-state index is 12.8. The molecular weight excluding hydrogens is 435 g/mol. The SMILES string of the molecule is CC(C)[C@H](Nc1ccc(C(F)(F)F)cc1Cl)C(=O)OCc1nnc(-c2ccccc2)o1. The first-order valence-corrected chi connectivity index (χ1v) is 9.70. The Labute approximate surface area is 181 Å². The topological polar surface area (TPSA) is 77.2 Å². The molecule has 0 saturated carbocycles. The van der Waals surface area contributed by atoms with E-state index in [2.05, 4.69) is 15.5 Å². The molecule has 31 heavy (non-hydrogen) atoms. The van der Waals surface area contributed by atoms with Crippen LogP contribution in [-0.4, -0.2) is 22.2 Å². The van der Waals surface area contributed by atoms with E-state index >= 15 is 0 Å². The molecule has 2 aromatic carbocycles. The maximum absolute atomic E-state index is 12.8. The summed E-state index contributed by atoms with van der Waals surface area (Å²) >= 11 is 5.97. The van der Waals surface area contributed by atoms with Gasteiger partial charge >= 0.3 is 12.1 Å². The molecule has 164 valence electrons. The van der Waals surface area contributed by atoms with Gasteiger partial charge in [0.25, 0.3) is 5.89 Å². The van der Waals surface area contributed by atoms with E-state index in [0.717, 1.165) is 17.7 Å². The average molecular weight is 454 g/mol. The molecule has 0 aliphatic rings. The lowest BCUT2D eigenvalue weighted by atomic mass is 10.0. The average Bonchev–Trinajstić information content (AvgIpc) is 3.20. The second kappa shape index (κ2) is 9.38. The van der Waals surface area contributed by atoms with Gasteiger partial charge in [0.2, 0.25) is 5.89 Å². The summed E-state index contributed by atoms with van der Waals surface area (Å²) in [5.41, 5.74) is 0.0399. The summed E-state index contributed by atoms with van der Waals surface area (Å²) in [7, 11) is 0. The zero-order valence-corrected chi connectivity index (χ0v) is 17.4. The monoisotopic (exact) mass is 453 g/mol. The van der Waals surface area contributed by atoms with E-state index in [0.29, 0.717) is 5.89 Å². The molecule has 1 heterocycles. The van der Waals surface area contributed by atoms with E-state index in [9.17, 15) is 18.0 Å². The normalized spacial score (nSPS) is 12.6. The van der Waals surface area contributed by atoms with Gasteiger partial charge < -0.3 is 14.5 Å². The highest BCUT2D eigenvalue weighted by Gasteiger charge is 2.31. The number of ether oxygens (including phenoxy) is 1. The highest BCUT2D eigenvalue weighted by Crippen LogP contribution is 2.34. The molecule has 3 aromatic rings. The van der Waals surface area contributed by atoms with Gasteiger partial charge in [-0.3, -0.25) is 0 Å². The molecule has 0 aliphatic carbocycles. The minimum absolute atomic E-state index is 0.113. The van der Waals surface area contributed by atoms with Crippen molar-refractivity contribution in [1.82, 2.24) is 10.2 Å². The fraction of sp³-hybridized carbons (Fsp3) is 0.286. The number of esters is 1. The van der Waals surface area contributed by atoms with Crippen molar-refractivity contribution >= 4 is 23.3 Å². The lowest BCUT2D eigenvalue weighted by Crippen LogP contribution is -2.36. The second-order valence-corrected chi connectivity index (χ2v) is 7.44. The van der Waals surface area contributed by atoms with E-state index in [-0.39, 0.29) is 29.1 Å². The van der Waals surface area contributed by atoms with E-state index in [4.69, 9.17) is 20.8 Å². The summed E-state index contributed by atoms with van der Waals surface area (Å²) in [5.74, 6) is -0.470. The van der Waals surface area contributed by atoms with Gasteiger partial charge in [-0.25, -0.2) is 4.79 Å². The van der Waals surface area contributed by atoms with Crippen molar-refractivity contribution in [1.29, 1.82) is 0 Å². The van der Waals surface area contributed by atoms with Crippen LogP contribution in [0.15, 0.2) is 52.9 Å². The molecular formula is C21H19ClF3N3O3. The van der Waals surface area contributed by atoms with Gasteiger partial charge in [-0.2, -0.15) is 13.2 Å². The molecule has 0 spiro atoms. The van der Waals surface area contributed by atoms with Crippen LogP contribution in [0.4, 0.5) is 18.9 Å². The van der Waals surface area contributed by atoms with Crippen LogP contribution < -0.4 is 5.32 Å². The second-order valence-electron chi connectivity index (χ2n) is 7.03.